The number of benzene rings is 1. The Bertz CT molecular complexity index is 442. The van der Waals surface area contributed by atoms with Crippen molar-refractivity contribution in [3.8, 4) is 0 Å². The summed E-state index contributed by atoms with van der Waals surface area (Å²) in [5.74, 6) is -0.772. The van der Waals surface area contributed by atoms with Crippen molar-refractivity contribution >= 4 is 0 Å². The molecule has 20 heavy (non-hydrogen) atoms. The van der Waals surface area contributed by atoms with Gasteiger partial charge in [-0.05, 0) is 43.8 Å². The molecule has 0 amide bonds. The molecule has 1 aromatic rings. The van der Waals surface area contributed by atoms with Crippen LogP contribution in [0.25, 0.3) is 0 Å². The van der Waals surface area contributed by atoms with Gasteiger partial charge in [-0.15, -0.1) is 0 Å². The van der Waals surface area contributed by atoms with Gasteiger partial charge in [-0.2, -0.15) is 0 Å². The first-order valence-corrected chi connectivity index (χ1v) is 7.09. The number of morpholine rings is 1. The number of hydrogen-bond donors (Lipinski definition) is 1. The molecule has 5 heteroatoms. The molecule has 2 atom stereocenters. The monoisotopic (exact) mass is 284 g/mol. The Morgan fingerprint density at radius 3 is 2.95 bits per heavy atom. The zero-order valence-corrected chi connectivity index (χ0v) is 12.0. The molecule has 0 aromatic heterocycles. The molecule has 0 bridgehead atoms. The molecule has 1 N–H and O–H groups in total. The summed E-state index contributed by atoms with van der Waals surface area (Å²) in [5.41, 5.74) is 0.390. The second-order valence-corrected chi connectivity index (χ2v) is 5.14. The third-order valence-corrected chi connectivity index (χ3v) is 3.89. The number of nitrogens with zero attached hydrogens (tertiary/aromatic N) is 1. The fraction of sp³-hybridized carbons (Fsp3) is 0.600. The molecule has 0 spiro atoms. The fourth-order valence-electron chi connectivity index (χ4n) is 2.62. The molecule has 0 saturated carbocycles. The van der Waals surface area contributed by atoms with Crippen LogP contribution in [-0.2, 0) is 11.2 Å². The molecule has 1 heterocycles. The highest BCUT2D eigenvalue weighted by atomic mass is 19.1. The topological polar surface area (TPSA) is 24.5 Å². The van der Waals surface area contributed by atoms with E-state index in [1.54, 1.807) is 0 Å². The quantitative estimate of drug-likeness (QED) is 0.892. The molecule has 0 aliphatic carbocycles. The molecular formula is C15H22F2N2O. The summed E-state index contributed by atoms with van der Waals surface area (Å²) >= 11 is 0. The van der Waals surface area contributed by atoms with E-state index in [0.717, 1.165) is 25.7 Å². The van der Waals surface area contributed by atoms with Crippen molar-refractivity contribution in [1.82, 2.24) is 10.2 Å². The third kappa shape index (κ3) is 3.75. The van der Waals surface area contributed by atoms with Crippen molar-refractivity contribution < 1.29 is 13.5 Å². The van der Waals surface area contributed by atoms with Crippen LogP contribution < -0.4 is 5.32 Å². The normalized spacial score (nSPS) is 21.9. The summed E-state index contributed by atoms with van der Waals surface area (Å²) < 4.78 is 32.7. The third-order valence-electron chi connectivity index (χ3n) is 3.89. The largest absolute Gasteiger partial charge is 0.374 e. The van der Waals surface area contributed by atoms with Crippen LogP contribution in [0.1, 0.15) is 12.5 Å². The highest BCUT2D eigenvalue weighted by molar-refractivity contribution is 5.20. The van der Waals surface area contributed by atoms with Crippen molar-refractivity contribution in [2.45, 2.75) is 25.5 Å². The van der Waals surface area contributed by atoms with E-state index >= 15 is 0 Å². The van der Waals surface area contributed by atoms with Crippen molar-refractivity contribution in [3.05, 3.63) is 35.4 Å². The number of hydrogen-bond acceptors (Lipinski definition) is 3. The van der Waals surface area contributed by atoms with Crippen LogP contribution in [0.2, 0.25) is 0 Å². The first-order chi connectivity index (χ1) is 9.63. The number of ether oxygens (including phenoxy) is 1. The van der Waals surface area contributed by atoms with Gasteiger partial charge in [-0.1, -0.05) is 6.92 Å². The average molecular weight is 284 g/mol. The molecule has 3 nitrogen and oxygen atoms in total. The SMILES string of the molecule is CCN1CCOC(C(Cc2cc(F)ccc2F)NC)C1. The zero-order valence-electron chi connectivity index (χ0n) is 12.0. The van der Waals surface area contributed by atoms with Crippen molar-refractivity contribution in [1.29, 1.82) is 0 Å². The summed E-state index contributed by atoms with van der Waals surface area (Å²) in [7, 11) is 1.83. The smallest absolute Gasteiger partial charge is 0.126 e. The highest BCUT2D eigenvalue weighted by Crippen LogP contribution is 2.16. The van der Waals surface area contributed by atoms with Crippen LogP contribution >= 0.6 is 0 Å². The number of halogens is 2. The Hall–Kier alpha value is -1.04. The van der Waals surface area contributed by atoms with Crippen LogP contribution in [0.15, 0.2) is 18.2 Å². The van der Waals surface area contributed by atoms with Gasteiger partial charge < -0.3 is 10.1 Å². The van der Waals surface area contributed by atoms with Gasteiger partial charge in [-0.3, -0.25) is 4.90 Å². The summed E-state index contributed by atoms with van der Waals surface area (Å²) in [5, 5.41) is 3.17. The van der Waals surface area contributed by atoms with E-state index in [4.69, 9.17) is 4.74 Å². The zero-order chi connectivity index (χ0) is 14.5. The minimum atomic E-state index is -0.406. The first-order valence-electron chi connectivity index (χ1n) is 7.09. The van der Waals surface area contributed by atoms with Gasteiger partial charge in [0.1, 0.15) is 11.6 Å². The number of nitrogens with one attached hydrogen (secondary N) is 1. The van der Waals surface area contributed by atoms with Gasteiger partial charge >= 0.3 is 0 Å². The minimum absolute atomic E-state index is 0.00336. The van der Waals surface area contributed by atoms with E-state index in [0.29, 0.717) is 18.6 Å². The first kappa shape index (κ1) is 15.4. The Labute approximate surface area is 118 Å². The van der Waals surface area contributed by atoms with Gasteiger partial charge in [0.05, 0.1) is 12.7 Å². The van der Waals surface area contributed by atoms with Gasteiger partial charge in [-0.25, -0.2) is 8.78 Å². The van der Waals surface area contributed by atoms with Gasteiger partial charge in [0.25, 0.3) is 0 Å². The van der Waals surface area contributed by atoms with Crippen LogP contribution in [0.4, 0.5) is 8.78 Å². The van der Waals surface area contributed by atoms with Crippen LogP contribution in [0, 0.1) is 11.6 Å². The van der Waals surface area contributed by atoms with Crippen LogP contribution in [0.5, 0.6) is 0 Å². The molecule has 0 radical (unpaired) electrons. The van der Waals surface area contributed by atoms with E-state index in [1.807, 2.05) is 7.05 Å². The molecular weight excluding hydrogens is 262 g/mol. The van der Waals surface area contributed by atoms with Crippen molar-refractivity contribution in [2.75, 3.05) is 33.3 Å². The lowest BCUT2D eigenvalue weighted by atomic mass is 9.99. The van der Waals surface area contributed by atoms with Gasteiger partial charge in [0.2, 0.25) is 0 Å². The maximum atomic E-state index is 13.7. The summed E-state index contributed by atoms with van der Waals surface area (Å²) in [6.07, 6.45) is 0.416. The number of rotatable bonds is 5. The maximum Gasteiger partial charge on any atom is 0.126 e. The highest BCUT2D eigenvalue weighted by Gasteiger charge is 2.27. The van der Waals surface area contributed by atoms with Crippen molar-refractivity contribution in [2.24, 2.45) is 0 Å². The standard InChI is InChI=1S/C15H22F2N2O/c1-3-19-6-7-20-15(10-19)14(18-2)9-11-8-12(16)4-5-13(11)17/h4-5,8,14-15,18H,3,6-7,9-10H2,1-2H3. The Kier molecular flexibility index (Phi) is 5.46. The molecule has 1 aliphatic heterocycles. The Balaban J connectivity index is 2.06. The maximum absolute atomic E-state index is 13.7. The molecule has 2 rings (SSSR count). The predicted octanol–water partition coefficient (Wildman–Crippen LogP) is 1.82. The summed E-state index contributed by atoms with van der Waals surface area (Å²) in [6, 6.07) is 3.56. The van der Waals surface area contributed by atoms with Crippen LogP contribution in [0.3, 0.4) is 0 Å². The lowest BCUT2D eigenvalue weighted by Gasteiger charge is -2.36. The van der Waals surface area contributed by atoms with E-state index in [1.165, 1.54) is 12.1 Å². The Morgan fingerprint density at radius 1 is 1.45 bits per heavy atom. The minimum Gasteiger partial charge on any atom is -0.374 e. The van der Waals surface area contributed by atoms with Crippen LogP contribution in [-0.4, -0.2) is 50.3 Å². The van der Waals surface area contributed by atoms with Gasteiger partial charge in [0.15, 0.2) is 0 Å². The second kappa shape index (κ2) is 7.11. The van der Waals surface area contributed by atoms with E-state index in [9.17, 15) is 8.78 Å². The van der Waals surface area contributed by atoms with E-state index in [-0.39, 0.29) is 18.0 Å². The molecule has 1 aliphatic rings. The molecule has 1 aromatic carbocycles. The lowest BCUT2D eigenvalue weighted by molar-refractivity contribution is -0.0437. The van der Waals surface area contributed by atoms with Crippen molar-refractivity contribution in [3.63, 3.8) is 0 Å². The van der Waals surface area contributed by atoms with Gasteiger partial charge in [0, 0.05) is 19.1 Å². The Morgan fingerprint density at radius 2 is 2.25 bits per heavy atom. The molecule has 1 saturated heterocycles. The second-order valence-electron chi connectivity index (χ2n) is 5.14. The summed E-state index contributed by atoms with van der Waals surface area (Å²) in [6.45, 7) is 5.52. The predicted molar refractivity (Wildman–Crippen MR) is 74.8 cm³/mol. The number of likely N-dealkylation sites (N-methyl/N-ethyl adjacent to an activating group) is 2. The fourth-order valence-corrected chi connectivity index (χ4v) is 2.62. The molecule has 1 fully saturated rings. The average Bonchev–Trinajstić information content (AvgIpc) is 2.48. The lowest BCUT2D eigenvalue weighted by Crippen LogP contribution is -2.52. The molecule has 2 unspecified atom stereocenters. The molecule has 112 valence electrons. The van der Waals surface area contributed by atoms with E-state index < -0.39 is 5.82 Å². The summed E-state index contributed by atoms with van der Waals surface area (Å²) in [4.78, 5) is 2.31. The van der Waals surface area contributed by atoms with E-state index in [2.05, 4.69) is 17.1 Å².